The molecule has 0 aliphatic rings. The fraction of sp³-hybridized carbons (Fsp3) is 0.500. The minimum atomic E-state index is -2.24. The zero-order valence-corrected chi connectivity index (χ0v) is 15.6. The summed E-state index contributed by atoms with van der Waals surface area (Å²) in [4.78, 5) is 38.2. The van der Waals surface area contributed by atoms with Crippen LogP contribution < -0.4 is 0 Å². The number of ether oxygens (including phenoxy) is 3. The highest BCUT2D eigenvalue weighted by Gasteiger charge is 2.61. The highest BCUT2D eigenvalue weighted by atomic mass is 35.5. The summed E-state index contributed by atoms with van der Waals surface area (Å²) in [6.07, 6.45) is 0. The van der Waals surface area contributed by atoms with Crippen LogP contribution in [0.15, 0.2) is 24.3 Å². The minimum Gasteiger partial charge on any atom is -0.465 e. The van der Waals surface area contributed by atoms with E-state index in [-0.39, 0.29) is 19.8 Å². The second kappa shape index (κ2) is 9.42. The molecular formula is C18H23ClO6. The summed E-state index contributed by atoms with van der Waals surface area (Å²) in [5, 5.41) is 0.491. The van der Waals surface area contributed by atoms with E-state index in [0.29, 0.717) is 10.6 Å². The lowest BCUT2D eigenvalue weighted by Gasteiger charge is -2.32. The first-order valence-electron chi connectivity index (χ1n) is 8.13. The molecule has 1 rings (SSSR count). The third-order valence-corrected chi connectivity index (χ3v) is 4.06. The number of halogens is 1. The van der Waals surface area contributed by atoms with E-state index >= 15 is 0 Å². The molecule has 1 aromatic rings. The average Bonchev–Trinajstić information content (AvgIpc) is 2.56. The van der Waals surface area contributed by atoms with Crippen LogP contribution in [0.4, 0.5) is 0 Å². The van der Waals surface area contributed by atoms with Crippen LogP contribution in [0.5, 0.6) is 0 Å². The summed E-state index contributed by atoms with van der Waals surface area (Å²) in [5.74, 6) is -3.85. The van der Waals surface area contributed by atoms with Gasteiger partial charge in [0.15, 0.2) is 0 Å². The Kier molecular flexibility index (Phi) is 7.90. The van der Waals surface area contributed by atoms with Gasteiger partial charge in [0.1, 0.15) is 0 Å². The van der Waals surface area contributed by atoms with Gasteiger partial charge in [-0.05, 0) is 38.5 Å². The SMILES string of the molecule is CCOC(=O)C(C(=O)OCC)(C(=O)OCC)C(C)c1ccc(Cl)cc1. The Labute approximate surface area is 152 Å². The van der Waals surface area contributed by atoms with Gasteiger partial charge in [0.2, 0.25) is 0 Å². The van der Waals surface area contributed by atoms with Crippen molar-refractivity contribution in [2.24, 2.45) is 5.41 Å². The summed E-state index contributed by atoms with van der Waals surface area (Å²) in [6, 6.07) is 6.50. The Hall–Kier alpha value is -2.08. The lowest BCUT2D eigenvalue weighted by Crippen LogP contribution is -2.52. The van der Waals surface area contributed by atoms with Crippen LogP contribution in [0.3, 0.4) is 0 Å². The van der Waals surface area contributed by atoms with Gasteiger partial charge in [-0.25, -0.2) is 0 Å². The Morgan fingerprint density at radius 3 is 1.56 bits per heavy atom. The molecule has 0 spiro atoms. The molecule has 0 aromatic heterocycles. The maximum atomic E-state index is 12.7. The van der Waals surface area contributed by atoms with Crippen molar-refractivity contribution in [3.63, 3.8) is 0 Å². The van der Waals surface area contributed by atoms with Gasteiger partial charge in [-0.3, -0.25) is 14.4 Å². The third kappa shape index (κ3) is 4.31. The molecular weight excluding hydrogens is 348 g/mol. The smallest absolute Gasteiger partial charge is 0.335 e. The molecule has 7 heteroatoms. The predicted octanol–water partition coefficient (Wildman–Crippen LogP) is 3.12. The van der Waals surface area contributed by atoms with Gasteiger partial charge in [-0.2, -0.15) is 0 Å². The summed E-state index contributed by atoms with van der Waals surface area (Å²) >= 11 is 5.89. The van der Waals surface area contributed by atoms with Crippen molar-refractivity contribution in [3.8, 4) is 0 Å². The van der Waals surface area contributed by atoms with Gasteiger partial charge in [-0.1, -0.05) is 30.7 Å². The first-order valence-corrected chi connectivity index (χ1v) is 8.51. The maximum Gasteiger partial charge on any atom is 0.335 e. The molecule has 1 atom stereocenters. The first kappa shape index (κ1) is 21.0. The zero-order valence-electron chi connectivity index (χ0n) is 14.8. The molecule has 0 heterocycles. The van der Waals surface area contributed by atoms with Gasteiger partial charge in [-0.15, -0.1) is 0 Å². The monoisotopic (exact) mass is 370 g/mol. The second-order valence-electron chi connectivity index (χ2n) is 5.24. The highest BCUT2D eigenvalue weighted by Crippen LogP contribution is 2.40. The quantitative estimate of drug-likeness (QED) is 0.397. The van der Waals surface area contributed by atoms with E-state index in [0.717, 1.165) is 0 Å². The molecule has 0 fully saturated rings. The summed E-state index contributed by atoms with van der Waals surface area (Å²) < 4.78 is 15.1. The molecule has 25 heavy (non-hydrogen) atoms. The molecule has 1 aromatic carbocycles. The average molecular weight is 371 g/mol. The van der Waals surface area contributed by atoms with Gasteiger partial charge >= 0.3 is 17.9 Å². The predicted molar refractivity (Wildman–Crippen MR) is 92.2 cm³/mol. The summed E-state index contributed by atoms with van der Waals surface area (Å²) in [7, 11) is 0. The van der Waals surface area contributed by atoms with Crippen molar-refractivity contribution in [2.75, 3.05) is 19.8 Å². The van der Waals surface area contributed by atoms with Crippen LogP contribution >= 0.6 is 11.6 Å². The Morgan fingerprint density at radius 1 is 0.880 bits per heavy atom. The molecule has 6 nitrogen and oxygen atoms in total. The number of hydrogen-bond donors (Lipinski definition) is 0. The maximum absolute atomic E-state index is 12.7. The van der Waals surface area contributed by atoms with Gasteiger partial charge in [0, 0.05) is 10.9 Å². The largest absolute Gasteiger partial charge is 0.465 e. The van der Waals surface area contributed by atoms with Crippen molar-refractivity contribution in [2.45, 2.75) is 33.6 Å². The molecule has 1 unspecified atom stereocenters. The standard InChI is InChI=1S/C18H23ClO6/c1-5-23-15(20)18(16(21)24-6-2,17(22)25-7-3)12(4)13-8-10-14(19)11-9-13/h8-12H,5-7H2,1-4H3. The number of benzene rings is 1. The molecule has 0 radical (unpaired) electrons. The lowest BCUT2D eigenvalue weighted by atomic mass is 9.72. The molecule has 0 amide bonds. The normalized spacial score (nSPS) is 12.2. The van der Waals surface area contributed by atoms with Gasteiger partial charge in [0.25, 0.3) is 5.41 Å². The number of carbonyl (C=O) groups excluding carboxylic acids is 3. The van der Waals surface area contributed by atoms with E-state index in [1.54, 1.807) is 52.0 Å². The number of hydrogen-bond acceptors (Lipinski definition) is 6. The Bertz CT molecular complexity index is 565. The molecule has 138 valence electrons. The van der Waals surface area contributed by atoms with E-state index < -0.39 is 29.2 Å². The fourth-order valence-electron chi connectivity index (χ4n) is 2.52. The molecule has 0 aliphatic carbocycles. The first-order chi connectivity index (χ1) is 11.9. The van der Waals surface area contributed by atoms with Crippen LogP contribution in [0, 0.1) is 5.41 Å². The van der Waals surface area contributed by atoms with Crippen molar-refractivity contribution < 1.29 is 28.6 Å². The van der Waals surface area contributed by atoms with Crippen molar-refractivity contribution in [1.29, 1.82) is 0 Å². The van der Waals surface area contributed by atoms with Gasteiger partial charge < -0.3 is 14.2 Å². The van der Waals surface area contributed by atoms with Crippen LogP contribution in [-0.4, -0.2) is 37.7 Å². The molecule has 0 N–H and O–H groups in total. The number of carbonyl (C=O) groups is 3. The molecule has 0 bridgehead atoms. The second-order valence-corrected chi connectivity index (χ2v) is 5.68. The summed E-state index contributed by atoms with van der Waals surface area (Å²) in [5.41, 5.74) is -1.69. The van der Waals surface area contributed by atoms with Crippen molar-refractivity contribution in [1.82, 2.24) is 0 Å². The van der Waals surface area contributed by atoms with Crippen LogP contribution in [-0.2, 0) is 28.6 Å². The van der Waals surface area contributed by atoms with Crippen molar-refractivity contribution in [3.05, 3.63) is 34.9 Å². The van der Waals surface area contributed by atoms with Crippen LogP contribution in [0.2, 0.25) is 5.02 Å². The number of esters is 3. The zero-order chi connectivity index (χ0) is 19.0. The van der Waals surface area contributed by atoms with Crippen LogP contribution in [0.1, 0.15) is 39.2 Å². The molecule has 0 saturated heterocycles. The van der Waals surface area contributed by atoms with Gasteiger partial charge in [0.05, 0.1) is 19.8 Å². The van der Waals surface area contributed by atoms with E-state index in [2.05, 4.69) is 0 Å². The minimum absolute atomic E-state index is 0.00668. The van der Waals surface area contributed by atoms with E-state index in [4.69, 9.17) is 25.8 Å². The molecule has 0 aliphatic heterocycles. The van der Waals surface area contributed by atoms with Crippen molar-refractivity contribution >= 4 is 29.5 Å². The Morgan fingerprint density at radius 2 is 1.24 bits per heavy atom. The topological polar surface area (TPSA) is 78.9 Å². The van der Waals surface area contributed by atoms with E-state index in [1.165, 1.54) is 0 Å². The number of rotatable bonds is 8. The summed E-state index contributed by atoms with van der Waals surface area (Å²) in [6.45, 7) is 6.37. The Balaban J connectivity index is 3.54. The van der Waals surface area contributed by atoms with E-state index in [9.17, 15) is 14.4 Å². The van der Waals surface area contributed by atoms with Crippen LogP contribution in [0.25, 0.3) is 0 Å². The highest BCUT2D eigenvalue weighted by molar-refractivity contribution is 6.30. The van der Waals surface area contributed by atoms with E-state index in [1.807, 2.05) is 0 Å². The lowest BCUT2D eigenvalue weighted by molar-refractivity contribution is -0.185. The fourth-order valence-corrected chi connectivity index (χ4v) is 2.64. The molecule has 0 saturated carbocycles. The third-order valence-electron chi connectivity index (χ3n) is 3.81.